The molecule has 0 spiro atoms. The quantitative estimate of drug-likeness (QED) is 0.806. The van der Waals surface area contributed by atoms with E-state index < -0.39 is 26.6 Å². The predicted octanol–water partition coefficient (Wildman–Crippen LogP) is 1.94. The Morgan fingerprint density at radius 1 is 1.28 bits per heavy atom. The van der Waals surface area contributed by atoms with E-state index in [-0.39, 0.29) is 6.54 Å². The van der Waals surface area contributed by atoms with Gasteiger partial charge in [0.1, 0.15) is 16.5 Å². The molecule has 0 aliphatic carbocycles. The van der Waals surface area contributed by atoms with Gasteiger partial charge in [-0.05, 0) is 25.0 Å². The van der Waals surface area contributed by atoms with Crippen LogP contribution >= 0.6 is 0 Å². The van der Waals surface area contributed by atoms with Crippen LogP contribution in [-0.2, 0) is 10.0 Å². The molecule has 0 saturated heterocycles. The van der Waals surface area contributed by atoms with Crippen molar-refractivity contribution in [3.05, 3.63) is 29.8 Å². The smallest absolute Gasteiger partial charge is 0.211 e. The van der Waals surface area contributed by atoms with Crippen molar-refractivity contribution >= 4 is 10.0 Å². The van der Waals surface area contributed by atoms with Crippen LogP contribution in [-0.4, -0.2) is 15.0 Å². The highest BCUT2D eigenvalue weighted by Crippen LogP contribution is 2.15. The Kier molecular flexibility index (Phi) is 5.19. The van der Waals surface area contributed by atoms with E-state index in [1.807, 2.05) is 6.07 Å². The Morgan fingerprint density at radius 2 is 2.00 bits per heavy atom. The van der Waals surface area contributed by atoms with Crippen molar-refractivity contribution in [2.24, 2.45) is 0 Å². The second kappa shape index (κ2) is 6.42. The van der Waals surface area contributed by atoms with Gasteiger partial charge in [-0.1, -0.05) is 0 Å². The first-order valence-electron chi connectivity index (χ1n) is 5.29. The van der Waals surface area contributed by atoms with Crippen LogP contribution in [0.2, 0.25) is 0 Å². The van der Waals surface area contributed by atoms with Gasteiger partial charge in [0.15, 0.2) is 0 Å². The zero-order valence-electron chi connectivity index (χ0n) is 9.49. The van der Waals surface area contributed by atoms with E-state index in [0.29, 0.717) is 25.3 Å². The van der Waals surface area contributed by atoms with Gasteiger partial charge >= 0.3 is 0 Å². The average molecular weight is 274 g/mol. The topological polar surface area (TPSA) is 70.0 Å². The highest BCUT2D eigenvalue weighted by Gasteiger charge is 2.18. The SMILES string of the molecule is N#CCCCCNS(=O)(=O)c1ccc(F)cc1F. The molecule has 0 heterocycles. The van der Waals surface area contributed by atoms with Crippen molar-refractivity contribution in [2.75, 3.05) is 6.54 Å². The number of unbranched alkanes of at least 4 members (excludes halogenated alkanes) is 2. The molecule has 98 valence electrons. The third kappa shape index (κ3) is 4.05. The minimum absolute atomic E-state index is 0.112. The number of rotatable bonds is 6. The van der Waals surface area contributed by atoms with Crippen LogP contribution in [0.25, 0.3) is 0 Å². The summed E-state index contributed by atoms with van der Waals surface area (Å²) in [4.78, 5) is -0.579. The van der Waals surface area contributed by atoms with E-state index in [9.17, 15) is 17.2 Å². The third-order valence-electron chi connectivity index (χ3n) is 2.19. The average Bonchev–Trinajstić information content (AvgIpc) is 2.28. The van der Waals surface area contributed by atoms with Gasteiger partial charge in [0, 0.05) is 19.0 Å². The van der Waals surface area contributed by atoms with Crippen molar-refractivity contribution in [1.29, 1.82) is 5.26 Å². The zero-order valence-corrected chi connectivity index (χ0v) is 10.3. The van der Waals surface area contributed by atoms with Crippen molar-refractivity contribution in [3.63, 3.8) is 0 Å². The van der Waals surface area contributed by atoms with Crippen LogP contribution in [0.15, 0.2) is 23.1 Å². The Bertz CT molecular complexity index is 553. The van der Waals surface area contributed by atoms with Crippen LogP contribution in [0.3, 0.4) is 0 Å². The summed E-state index contributed by atoms with van der Waals surface area (Å²) in [6, 6.07) is 4.21. The summed E-state index contributed by atoms with van der Waals surface area (Å²) in [5.74, 6) is -1.96. The van der Waals surface area contributed by atoms with Gasteiger partial charge in [-0.15, -0.1) is 0 Å². The fourth-order valence-electron chi connectivity index (χ4n) is 1.31. The summed E-state index contributed by atoms with van der Waals surface area (Å²) >= 11 is 0. The van der Waals surface area contributed by atoms with Crippen molar-refractivity contribution in [3.8, 4) is 6.07 Å². The van der Waals surface area contributed by atoms with Gasteiger partial charge < -0.3 is 0 Å². The zero-order chi connectivity index (χ0) is 13.6. The normalized spacial score (nSPS) is 11.2. The summed E-state index contributed by atoms with van der Waals surface area (Å²) < 4.78 is 51.4. The molecule has 18 heavy (non-hydrogen) atoms. The largest absolute Gasteiger partial charge is 0.243 e. The lowest BCUT2D eigenvalue weighted by Gasteiger charge is -2.07. The molecule has 0 atom stereocenters. The molecule has 4 nitrogen and oxygen atoms in total. The first-order valence-corrected chi connectivity index (χ1v) is 6.77. The van der Waals surface area contributed by atoms with Crippen molar-refractivity contribution in [1.82, 2.24) is 4.72 Å². The molecule has 1 aromatic carbocycles. The van der Waals surface area contributed by atoms with Crippen LogP contribution in [0.5, 0.6) is 0 Å². The Morgan fingerprint density at radius 3 is 2.61 bits per heavy atom. The van der Waals surface area contributed by atoms with E-state index >= 15 is 0 Å². The van der Waals surface area contributed by atoms with Gasteiger partial charge in [-0.2, -0.15) is 5.26 Å². The maximum absolute atomic E-state index is 13.3. The highest BCUT2D eigenvalue weighted by atomic mass is 32.2. The van der Waals surface area contributed by atoms with Crippen LogP contribution < -0.4 is 4.72 Å². The number of hydrogen-bond acceptors (Lipinski definition) is 3. The van der Waals surface area contributed by atoms with Crippen molar-refractivity contribution < 1.29 is 17.2 Å². The molecule has 0 fully saturated rings. The minimum Gasteiger partial charge on any atom is -0.211 e. The Balaban J connectivity index is 2.66. The predicted molar refractivity (Wildman–Crippen MR) is 61.0 cm³/mol. The molecule has 1 rings (SSSR count). The van der Waals surface area contributed by atoms with Crippen LogP contribution in [0.1, 0.15) is 19.3 Å². The Labute approximate surface area is 104 Å². The Hall–Kier alpha value is -1.52. The fourth-order valence-corrected chi connectivity index (χ4v) is 2.44. The number of hydrogen-bond donors (Lipinski definition) is 1. The standard InChI is InChI=1S/C11H12F2N2O2S/c12-9-4-5-11(10(13)8-9)18(16,17)15-7-3-1-2-6-14/h4-5,8,15H,1-3,7H2. The van der Waals surface area contributed by atoms with Gasteiger partial charge in [-0.3, -0.25) is 0 Å². The summed E-state index contributed by atoms with van der Waals surface area (Å²) in [5, 5.41) is 8.29. The summed E-state index contributed by atoms with van der Waals surface area (Å²) in [6.07, 6.45) is 1.38. The molecule has 0 bridgehead atoms. The molecule has 1 N–H and O–H groups in total. The number of nitriles is 1. The number of sulfonamides is 1. The van der Waals surface area contributed by atoms with Crippen molar-refractivity contribution in [2.45, 2.75) is 24.2 Å². The van der Waals surface area contributed by atoms with E-state index in [2.05, 4.69) is 4.72 Å². The number of nitrogens with one attached hydrogen (secondary N) is 1. The first kappa shape index (κ1) is 14.5. The number of benzene rings is 1. The summed E-state index contributed by atoms with van der Waals surface area (Å²) in [7, 11) is -3.97. The molecule has 0 aliphatic rings. The second-order valence-electron chi connectivity index (χ2n) is 3.59. The lowest BCUT2D eigenvalue weighted by atomic mass is 10.2. The molecule has 0 radical (unpaired) electrons. The molecule has 0 saturated carbocycles. The lowest BCUT2D eigenvalue weighted by molar-refractivity contribution is 0.541. The van der Waals surface area contributed by atoms with Gasteiger partial charge in [-0.25, -0.2) is 21.9 Å². The molecule has 0 aliphatic heterocycles. The molecule has 0 unspecified atom stereocenters. The number of halogens is 2. The lowest BCUT2D eigenvalue weighted by Crippen LogP contribution is -2.25. The van der Waals surface area contributed by atoms with E-state index in [4.69, 9.17) is 5.26 Å². The minimum atomic E-state index is -3.97. The molecule has 0 aromatic heterocycles. The van der Waals surface area contributed by atoms with Gasteiger partial charge in [0.25, 0.3) is 0 Å². The second-order valence-corrected chi connectivity index (χ2v) is 5.32. The first-order chi connectivity index (χ1) is 8.47. The summed E-state index contributed by atoms with van der Waals surface area (Å²) in [6.45, 7) is 0.112. The fraction of sp³-hybridized carbons (Fsp3) is 0.364. The van der Waals surface area contributed by atoms with Gasteiger partial charge in [0.2, 0.25) is 10.0 Å². The maximum Gasteiger partial charge on any atom is 0.243 e. The molecular formula is C11H12F2N2O2S. The van der Waals surface area contributed by atoms with Crippen LogP contribution in [0, 0.1) is 23.0 Å². The highest BCUT2D eigenvalue weighted by molar-refractivity contribution is 7.89. The molecule has 0 amide bonds. The number of nitrogens with zero attached hydrogens (tertiary/aromatic N) is 1. The van der Waals surface area contributed by atoms with E-state index in [0.717, 1.165) is 12.1 Å². The summed E-state index contributed by atoms with van der Waals surface area (Å²) in [5.41, 5.74) is 0. The molecular weight excluding hydrogens is 262 g/mol. The monoisotopic (exact) mass is 274 g/mol. The maximum atomic E-state index is 13.3. The third-order valence-corrected chi connectivity index (χ3v) is 3.69. The van der Waals surface area contributed by atoms with E-state index in [1.54, 1.807) is 0 Å². The molecule has 7 heteroatoms. The van der Waals surface area contributed by atoms with E-state index in [1.165, 1.54) is 0 Å². The van der Waals surface area contributed by atoms with Gasteiger partial charge in [0.05, 0.1) is 6.07 Å². The molecule has 1 aromatic rings. The van der Waals surface area contributed by atoms with Crippen LogP contribution in [0.4, 0.5) is 8.78 Å².